The van der Waals surface area contributed by atoms with Gasteiger partial charge in [-0.05, 0) is 25.0 Å². The number of piperidine rings is 1. The van der Waals surface area contributed by atoms with Crippen LogP contribution in [-0.4, -0.2) is 36.4 Å². The Hall–Kier alpha value is -2.40. The molecule has 1 aromatic carbocycles. The van der Waals surface area contributed by atoms with Gasteiger partial charge in [0.15, 0.2) is 5.78 Å². The maximum absolute atomic E-state index is 13.0. The Kier molecular flexibility index (Phi) is 3.96. The van der Waals surface area contributed by atoms with E-state index in [-0.39, 0.29) is 29.6 Å². The first-order valence-electron chi connectivity index (χ1n) is 8.73. The first-order chi connectivity index (χ1) is 12.1. The largest absolute Gasteiger partial charge is 0.469 e. The van der Waals surface area contributed by atoms with Crippen molar-refractivity contribution in [2.75, 3.05) is 13.7 Å². The zero-order valence-electron chi connectivity index (χ0n) is 14.5. The summed E-state index contributed by atoms with van der Waals surface area (Å²) in [7, 11) is 1.42. The van der Waals surface area contributed by atoms with Crippen LogP contribution in [-0.2, 0) is 16.0 Å². The number of esters is 1. The summed E-state index contributed by atoms with van der Waals surface area (Å²) in [4.78, 5) is 28.8. The van der Waals surface area contributed by atoms with Crippen molar-refractivity contribution in [2.45, 2.75) is 25.8 Å². The molecule has 0 amide bonds. The second-order valence-corrected chi connectivity index (χ2v) is 6.86. The van der Waals surface area contributed by atoms with Gasteiger partial charge in [0.1, 0.15) is 0 Å². The van der Waals surface area contributed by atoms with Crippen molar-refractivity contribution in [3.05, 3.63) is 47.2 Å². The maximum atomic E-state index is 13.0. The number of carbonyl (C=O) groups excluding carboxylic acids is 2. The van der Waals surface area contributed by atoms with Crippen LogP contribution in [0.25, 0.3) is 10.9 Å². The Labute approximate surface area is 146 Å². The summed E-state index contributed by atoms with van der Waals surface area (Å²) < 4.78 is 5.08. The topological polar surface area (TPSA) is 71.2 Å². The summed E-state index contributed by atoms with van der Waals surface area (Å²) >= 11 is 0. The second kappa shape index (κ2) is 6.15. The monoisotopic (exact) mass is 338 g/mol. The van der Waals surface area contributed by atoms with Crippen molar-refractivity contribution in [3.63, 3.8) is 0 Å². The highest BCUT2D eigenvalue weighted by Gasteiger charge is 2.44. The molecule has 2 N–H and O–H groups in total. The lowest BCUT2D eigenvalue weighted by Gasteiger charge is -2.40. The molecule has 1 aliphatic carbocycles. The van der Waals surface area contributed by atoms with Gasteiger partial charge in [0, 0.05) is 35.8 Å². The number of aromatic amines is 1. The minimum absolute atomic E-state index is 0.0350. The summed E-state index contributed by atoms with van der Waals surface area (Å²) in [5, 5.41) is 4.56. The predicted octanol–water partition coefficient (Wildman–Crippen LogP) is 2.62. The molecule has 130 valence electrons. The first kappa shape index (κ1) is 16.1. The van der Waals surface area contributed by atoms with Gasteiger partial charge >= 0.3 is 5.97 Å². The molecule has 1 unspecified atom stereocenters. The number of hydrogen-bond acceptors (Lipinski definition) is 4. The van der Waals surface area contributed by atoms with Crippen LogP contribution in [0.4, 0.5) is 0 Å². The molecule has 25 heavy (non-hydrogen) atoms. The number of aromatic nitrogens is 1. The van der Waals surface area contributed by atoms with Crippen molar-refractivity contribution >= 4 is 22.7 Å². The van der Waals surface area contributed by atoms with E-state index in [2.05, 4.69) is 10.3 Å². The van der Waals surface area contributed by atoms with E-state index < -0.39 is 0 Å². The molecule has 0 spiro atoms. The zero-order chi connectivity index (χ0) is 17.6. The van der Waals surface area contributed by atoms with Gasteiger partial charge in [0.05, 0.1) is 18.7 Å². The highest BCUT2D eigenvalue weighted by molar-refractivity contribution is 6.03. The van der Waals surface area contributed by atoms with Gasteiger partial charge in [-0.1, -0.05) is 29.8 Å². The number of ketones is 1. The molecule has 3 atom stereocenters. The molecule has 2 bridgehead atoms. The molecule has 1 fully saturated rings. The second-order valence-electron chi connectivity index (χ2n) is 6.86. The van der Waals surface area contributed by atoms with Gasteiger partial charge in [-0.25, -0.2) is 0 Å². The molecule has 2 aromatic rings. The number of methoxy groups -OCH3 is 1. The van der Waals surface area contributed by atoms with Gasteiger partial charge in [-0.2, -0.15) is 0 Å². The number of fused-ring (bicyclic) bond motifs is 5. The quantitative estimate of drug-likeness (QED) is 0.619. The van der Waals surface area contributed by atoms with Crippen molar-refractivity contribution in [1.82, 2.24) is 10.3 Å². The number of H-pyrrole nitrogens is 1. The van der Waals surface area contributed by atoms with E-state index in [1.807, 2.05) is 37.3 Å². The van der Waals surface area contributed by atoms with E-state index >= 15 is 0 Å². The predicted molar refractivity (Wildman–Crippen MR) is 95.5 cm³/mol. The van der Waals surface area contributed by atoms with Crippen LogP contribution in [0.15, 0.2) is 35.9 Å². The van der Waals surface area contributed by atoms with E-state index in [0.717, 1.165) is 22.0 Å². The van der Waals surface area contributed by atoms with Gasteiger partial charge in [-0.15, -0.1) is 0 Å². The fourth-order valence-corrected chi connectivity index (χ4v) is 4.43. The molecule has 1 aromatic heterocycles. The summed E-state index contributed by atoms with van der Waals surface area (Å²) in [6.07, 6.45) is 2.99. The molecule has 1 aliphatic heterocycles. The molecule has 0 saturated carbocycles. The standard InChI is InChI=1S/C20H22N2O3/c1-3-11-10-21-16-8-14-12-6-4-5-7-15(12)22-19(14)17(23)9-13(11)18(16)20(24)25-2/h3-7,13,16,18,21-22H,8-10H2,1-2H3/b11-3-/t13?,16-,18+/m0/s1. The smallest absolute Gasteiger partial charge is 0.310 e. The van der Waals surface area contributed by atoms with Crippen LogP contribution in [0.5, 0.6) is 0 Å². The van der Waals surface area contributed by atoms with Crippen LogP contribution >= 0.6 is 0 Å². The third kappa shape index (κ3) is 2.50. The van der Waals surface area contributed by atoms with Gasteiger partial charge < -0.3 is 15.0 Å². The fraction of sp³-hybridized carbons (Fsp3) is 0.400. The Morgan fingerprint density at radius 2 is 2.08 bits per heavy atom. The first-order valence-corrected chi connectivity index (χ1v) is 8.73. The lowest BCUT2D eigenvalue weighted by Crippen LogP contribution is -2.53. The third-order valence-corrected chi connectivity index (χ3v) is 5.68. The van der Waals surface area contributed by atoms with Crippen molar-refractivity contribution in [3.8, 4) is 0 Å². The number of carbonyl (C=O) groups is 2. The number of para-hydroxylation sites is 1. The highest BCUT2D eigenvalue weighted by atomic mass is 16.5. The van der Waals surface area contributed by atoms with Crippen LogP contribution in [0.3, 0.4) is 0 Å². The van der Waals surface area contributed by atoms with E-state index in [1.54, 1.807) is 0 Å². The molecule has 5 heteroatoms. The number of nitrogens with one attached hydrogen (secondary N) is 2. The van der Waals surface area contributed by atoms with E-state index in [0.29, 0.717) is 25.1 Å². The third-order valence-electron chi connectivity index (χ3n) is 5.68. The Morgan fingerprint density at radius 3 is 2.84 bits per heavy atom. The molecule has 5 nitrogen and oxygen atoms in total. The maximum Gasteiger partial charge on any atom is 0.310 e. The van der Waals surface area contributed by atoms with E-state index in [9.17, 15) is 9.59 Å². The molecular formula is C20H22N2O3. The van der Waals surface area contributed by atoms with Crippen LogP contribution < -0.4 is 5.32 Å². The number of benzene rings is 1. The number of ether oxygens (including phenoxy) is 1. The van der Waals surface area contributed by atoms with Gasteiger partial charge in [0.2, 0.25) is 0 Å². The summed E-state index contributed by atoms with van der Waals surface area (Å²) in [6.45, 7) is 2.67. The minimum Gasteiger partial charge on any atom is -0.469 e. The van der Waals surface area contributed by atoms with Crippen LogP contribution in [0.1, 0.15) is 29.4 Å². The van der Waals surface area contributed by atoms with Crippen molar-refractivity contribution in [2.24, 2.45) is 11.8 Å². The van der Waals surface area contributed by atoms with Crippen molar-refractivity contribution < 1.29 is 14.3 Å². The Balaban J connectivity index is 1.87. The lowest BCUT2D eigenvalue weighted by molar-refractivity contribution is -0.148. The van der Waals surface area contributed by atoms with E-state index in [4.69, 9.17) is 4.74 Å². The Bertz CT molecular complexity index is 880. The molecule has 2 aliphatic rings. The average Bonchev–Trinajstić information content (AvgIpc) is 2.99. The number of Topliss-reactive ketones (excluding diaryl/α,β-unsaturated/α-hetero) is 1. The van der Waals surface area contributed by atoms with Gasteiger partial charge in [0.25, 0.3) is 0 Å². The lowest BCUT2D eigenvalue weighted by atomic mass is 9.71. The molecule has 1 saturated heterocycles. The summed E-state index contributed by atoms with van der Waals surface area (Å²) in [5.41, 5.74) is 3.78. The fourth-order valence-electron chi connectivity index (χ4n) is 4.43. The van der Waals surface area contributed by atoms with Crippen LogP contribution in [0, 0.1) is 11.8 Å². The minimum atomic E-state index is -0.337. The molecule has 2 heterocycles. The summed E-state index contributed by atoms with van der Waals surface area (Å²) in [6, 6.07) is 7.92. The number of hydrogen-bond donors (Lipinski definition) is 2. The zero-order valence-corrected chi connectivity index (χ0v) is 14.5. The average molecular weight is 338 g/mol. The SMILES string of the molecule is C/C=C1/CN[C@H]2Cc3c([nH]c4ccccc34)C(=O)CC1[C@H]2C(=O)OC. The molecular weight excluding hydrogens is 316 g/mol. The highest BCUT2D eigenvalue weighted by Crippen LogP contribution is 2.38. The van der Waals surface area contributed by atoms with Crippen LogP contribution in [0.2, 0.25) is 0 Å². The molecule has 0 radical (unpaired) electrons. The molecule has 4 rings (SSSR count). The van der Waals surface area contributed by atoms with E-state index in [1.165, 1.54) is 7.11 Å². The van der Waals surface area contributed by atoms with Crippen molar-refractivity contribution in [1.29, 1.82) is 0 Å². The van der Waals surface area contributed by atoms with Gasteiger partial charge in [-0.3, -0.25) is 9.59 Å². The summed E-state index contributed by atoms with van der Waals surface area (Å²) in [5.74, 6) is -0.603. The Morgan fingerprint density at radius 1 is 1.28 bits per heavy atom. The number of rotatable bonds is 1. The number of allylic oxidation sites excluding steroid dienone is 1. The normalized spacial score (nSPS) is 27.7.